The number of hydrogen-bond donors (Lipinski definition) is 2. The summed E-state index contributed by atoms with van der Waals surface area (Å²) in [5, 5.41) is 9.42. The van der Waals surface area contributed by atoms with Gasteiger partial charge in [-0.15, -0.1) is 11.3 Å². The molecule has 0 radical (unpaired) electrons. The molecule has 3 aromatic rings. The van der Waals surface area contributed by atoms with E-state index in [1.54, 1.807) is 19.1 Å². The number of carboxylic acid groups (broad SMARTS) is 1. The summed E-state index contributed by atoms with van der Waals surface area (Å²) in [7, 11) is 1.33. The lowest BCUT2D eigenvalue weighted by Gasteiger charge is -2.10. The van der Waals surface area contributed by atoms with Gasteiger partial charge in [0.2, 0.25) is 0 Å². The first-order valence-electron chi connectivity index (χ1n) is 7.87. The zero-order valence-corrected chi connectivity index (χ0v) is 15.5. The van der Waals surface area contributed by atoms with Crippen molar-refractivity contribution >= 4 is 39.7 Å². The standard InChI is InChI=1S/C18H14F2N2O5S/c1-8-13-15(23)21-12(22-16(13)28-14(8)17(24)25)6-4-9-3-5-10(26-2)11(7-9)27-18(19)20/h3-7,18H,1-2H3,(H,24,25)(H,21,22,23)/b6-4+. The smallest absolute Gasteiger partial charge is 0.387 e. The van der Waals surface area contributed by atoms with Crippen molar-refractivity contribution < 1.29 is 28.2 Å². The number of aryl methyl sites for hydroxylation is 1. The molecule has 0 aliphatic heterocycles. The van der Waals surface area contributed by atoms with Crippen molar-refractivity contribution in [3.05, 3.63) is 50.4 Å². The van der Waals surface area contributed by atoms with Crippen LogP contribution in [0.3, 0.4) is 0 Å². The number of nitrogens with zero attached hydrogens (tertiary/aromatic N) is 1. The lowest BCUT2D eigenvalue weighted by Crippen LogP contribution is -2.09. The van der Waals surface area contributed by atoms with Crippen molar-refractivity contribution in [3.63, 3.8) is 0 Å². The SMILES string of the molecule is COc1ccc(/C=C/c2nc3sc(C(=O)O)c(C)c3c(=O)[nH]2)cc1OC(F)F. The molecule has 0 saturated heterocycles. The largest absolute Gasteiger partial charge is 0.493 e. The number of aromatic nitrogens is 2. The zero-order chi connectivity index (χ0) is 20.4. The van der Waals surface area contributed by atoms with Gasteiger partial charge in [-0.05, 0) is 36.3 Å². The summed E-state index contributed by atoms with van der Waals surface area (Å²) in [6.45, 7) is -1.45. The summed E-state index contributed by atoms with van der Waals surface area (Å²) in [4.78, 5) is 30.7. The summed E-state index contributed by atoms with van der Waals surface area (Å²) in [5.41, 5.74) is 0.413. The highest BCUT2D eigenvalue weighted by atomic mass is 32.1. The summed E-state index contributed by atoms with van der Waals surface area (Å²) in [6.07, 6.45) is 3.02. The van der Waals surface area contributed by atoms with E-state index in [0.29, 0.717) is 16.0 Å². The number of H-pyrrole nitrogens is 1. The van der Waals surface area contributed by atoms with Crippen molar-refractivity contribution in [2.45, 2.75) is 13.5 Å². The molecule has 0 saturated carbocycles. The van der Waals surface area contributed by atoms with Crippen molar-refractivity contribution in [1.82, 2.24) is 9.97 Å². The molecule has 7 nitrogen and oxygen atoms in total. The molecule has 0 aliphatic carbocycles. The van der Waals surface area contributed by atoms with Gasteiger partial charge in [-0.3, -0.25) is 4.79 Å². The maximum absolute atomic E-state index is 12.5. The topological polar surface area (TPSA) is 102 Å². The molecule has 2 heterocycles. The number of carboxylic acids is 1. The number of halogens is 2. The maximum Gasteiger partial charge on any atom is 0.387 e. The number of benzene rings is 1. The molecule has 2 aromatic heterocycles. The Bertz CT molecular complexity index is 1140. The molecule has 0 bridgehead atoms. The van der Waals surface area contributed by atoms with E-state index in [2.05, 4.69) is 14.7 Å². The van der Waals surface area contributed by atoms with E-state index < -0.39 is 18.1 Å². The number of nitrogens with one attached hydrogen (secondary N) is 1. The van der Waals surface area contributed by atoms with E-state index in [4.69, 9.17) is 4.74 Å². The number of hydrogen-bond acceptors (Lipinski definition) is 6. The second-order valence-corrected chi connectivity index (χ2v) is 6.61. The Balaban J connectivity index is 1.97. The van der Waals surface area contributed by atoms with Crippen LogP contribution in [-0.2, 0) is 0 Å². The highest BCUT2D eigenvalue weighted by Gasteiger charge is 2.18. The molecule has 146 valence electrons. The van der Waals surface area contributed by atoms with Crippen LogP contribution in [0.25, 0.3) is 22.4 Å². The number of alkyl halides is 2. The summed E-state index contributed by atoms with van der Waals surface area (Å²) in [6, 6.07) is 4.44. The van der Waals surface area contributed by atoms with E-state index >= 15 is 0 Å². The van der Waals surface area contributed by atoms with E-state index in [-0.39, 0.29) is 27.6 Å². The monoisotopic (exact) mass is 408 g/mol. The van der Waals surface area contributed by atoms with Crippen molar-refractivity contribution in [1.29, 1.82) is 0 Å². The number of fused-ring (bicyclic) bond motifs is 1. The fraction of sp³-hybridized carbons (Fsp3) is 0.167. The van der Waals surface area contributed by atoms with Crippen LogP contribution in [0.1, 0.15) is 26.6 Å². The Morgan fingerprint density at radius 2 is 2.07 bits per heavy atom. The predicted molar refractivity (Wildman–Crippen MR) is 100 cm³/mol. The fourth-order valence-corrected chi connectivity index (χ4v) is 3.63. The first-order valence-corrected chi connectivity index (χ1v) is 8.69. The average molecular weight is 408 g/mol. The first-order chi connectivity index (χ1) is 13.3. The van der Waals surface area contributed by atoms with Crippen LogP contribution in [0.2, 0.25) is 0 Å². The molecule has 28 heavy (non-hydrogen) atoms. The van der Waals surface area contributed by atoms with E-state index in [1.807, 2.05) is 0 Å². The van der Waals surface area contributed by atoms with Gasteiger partial charge in [0.1, 0.15) is 15.5 Å². The lowest BCUT2D eigenvalue weighted by atomic mass is 10.2. The molecule has 2 N–H and O–H groups in total. The van der Waals surface area contributed by atoms with Gasteiger partial charge in [0.25, 0.3) is 5.56 Å². The number of thiophene rings is 1. The number of ether oxygens (including phenoxy) is 2. The maximum atomic E-state index is 12.5. The number of rotatable bonds is 6. The molecule has 0 aliphatic rings. The van der Waals surface area contributed by atoms with E-state index in [9.17, 15) is 23.5 Å². The molecule has 1 aromatic carbocycles. The Morgan fingerprint density at radius 3 is 2.71 bits per heavy atom. The van der Waals surface area contributed by atoms with E-state index in [1.165, 1.54) is 25.3 Å². The van der Waals surface area contributed by atoms with Gasteiger partial charge in [-0.25, -0.2) is 9.78 Å². The van der Waals surface area contributed by atoms with Gasteiger partial charge in [0.05, 0.1) is 12.5 Å². The zero-order valence-electron chi connectivity index (χ0n) is 14.7. The summed E-state index contributed by atoms with van der Waals surface area (Å²) >= 11 is 0.912. The van der Waals surface area contributed by atoms with Gasteiger partial charge < -0.3 is 19.6 Å². The van der Waals surface area contributed by atoms with Crippen LogP contribution in [0.15, 0.2) is 23.0 Å². The lowest BCUT2D eigenvalue weighted by molar-refractivity contribution is -0.0512. The third-order valence-corrected chi connectivity index (χ3v) is 5.02. The van der Waals surface area contributed by atoms with Crippen molar-refractivity contribution in [3.8, 4) is 11.5 Å². The molecule has 0 amide bonds. The first kappa shape index (κ1) is 19.5. The minimum absolute atomic E-state index is 0.0538. The van der Waals surface area contributed by atoms with Gasteiger partial charge in [0, 0.05) is 0 Å². The number of aromatic amines is 1. The minimum atomic E-state index is -3.00. The third-order valence-electron chi connectivity index (χ3n) is 3.85. The molecule has 3 rings (SSSR count). The molecule has 0 atom stereocenters. The third kappa shape index (κ3) is 3.86. The van der Waals surface area contributed by atoms with Gasteiger partial charge >= 0.3 is 12.6 Å². The summed E-state index contributed by atoms with van der Waals surface area (Å²) in [5.74, 6) is -0.901. The minimum Gasteiger partial charge on any atom is -0.493 e. The fourth-order valence-electron chi connectivity index (χ4n) is 2.60. The Kier molecular flexibility index (Phi) is 5.41. The molecule has 0 spiro atoms. The highest BCUT2D eigenvalue weighted by molar-refractivity contribution is 7.20. The van der Waals surface area contributed by atoms with E-state index in [0.717, 1.165) is 11.3 Å². The van der Waals surface area contributed by atoms with Crippen LogP contribution in [0.4, 0.5) is 8.78 Å². The molecular weight excluding hydrogens is 394 g/mol. The molecule has 0 unspecified atom stereocenters. The van der Waals surface area contributed by atoms with Crippen molar-refractivity contribution in [2.24, 2.45) is 0 Å². The van der Waals surface area contributed by atoms with Crippen LogP contribution in [0.5, 0.6) is 11.5 Å². The Morgan fingerprint density at radius 1 is 1.32 bits per heavy atom. The quantitative estimate of drug-likeness (QED) is 0.644. The van der Waals surface area contributed by atoms with Crippen LogP contribution in [-0.4, -0.2) is 34.8 Å². The van der Waals surface area contributed by atoms with Crippen LogP contribution >= 0.6 is 11.3 Å². The molecular formula is C18H14F2N2O5S. The van der Waals surface area contributed by atoms with Crippen LogP contribution in [0, 0.1) is 6.92 Å². The molecule has 10 heteroatoms. The van der Waals surface area contributed by atoms with Crippen molar-refractivity contribution in [2.75, 3.05) is 7.11 Å². The number of carbonyl (C=O) groups is 1. The Hall–Kier alpha value is -3.27. The second kappa shape index (κ2) is 7.77. The van der Waals surface area contributed by atoms with Gasteiger partial charge in [0.15, 0.2) is 11.5 Å². The van der Waals surface area contributed by atoms with Gasteiger partial charge in [-0.1, -0.05) is 12.1 Å². The highest BCUT2D eigenvalue weighted by Crippen LogP contribution is 2.30. The Labute approximate surface area is 160 Å². The number of methoxy groups -OCH3 is 1. The number of aromatic carboxylic acids is 1. The van der Waals surface area contributed by atoms with Crippen LogP contribution < -0.4 is 15.0 Å². The predicted octanol–water partition coefficient (Wildman–Crippen LogP) is 3.77. The normalized spacial score (nSPS) is 11.5. The average Bonchev–Trinajstić information content (AvgIpc) is 2.97. The van der Waals surface area contributed by atoms with Gasteiger partial charge in [-0.2, -0.15) is 8.78 Å². The second-order valence-electron chi connectivity index (χ2n) is 5.61. The summed E-state index contributed by atoms with van der Waals surface area (Å²) < 4.78 is 34.4. The molecule has 0 fully saturated rings.